The van der Waals surface area contributed by atoms with E-state index < -0.39 is 0 Å². The SMILES string of the molecule is CCc1nc(CCNC(=NC)NC2CCN(c3cc(OC)cc(OC)c3)C2)sc1C. The molecule has 7 nitrogen and oxygen atoms in total. The molecule has 0 aliphatic carbocycles. The van der Waals surface area contributed by atoms with E-state index in [0.717, 1.165) is 62.0 Å². The van der Waals surface area contributed by atoms with E-state index in [2.05, 4.69) is 46.5 Å². The molecule has 1 fully saturated rings. The zero-order valence-corrected chi connectivity index (χ0v) is 19.4. The van der Waals surface area contributed by atoms with Crippen molar-refractivity contribution in [3.63, 3.8) is 0 Å². The third-order valence-electron chi connectivity index (χ3n) is 5.36. The quantitative estimate of drug-likeness (QED) is 0.495. The zero-order valence-electron chi connectivity index (χ0n) is 18.6. The molecule has 1 aliphatic heterocycles. The predicted molar refractivity (Wildman–Crippen MR) is 125 cm³/mol. The molecule has 0 spiro atoms. The summed E-state index contributed by atoms with van der Waals surface area (Å²) < 4.78 is 10.8. The number of methoxy groups -OCH3 is 2. The number of hydrogen-bond donors (Lipinski definition) is 2. The molecule has 1 saturated heterocycles. The topological polar surface area (TPSA) is 71.0 Å². The number of nitrogens with one attached hydrogen (secondary N) is 2. The van der Waals surface area contributed by atoms with E-state index in [1.54, 1.807) is 25.6 Å². The molecule has 2 heterocycles. The first-order chi connectivity index (χ1) is 14.6. The van der Waals surface area contributed by atoms with Crippen LogP contribution in [0.5, 0.6) is 11.5 Å². The lowest BCUT2D eigenvalue weighted by Crippen LogP contribution is -2.45. The molecule has 2 N–H and O–H groups in total. The van der Waals surface area contributed by atoms with Crippen LogP contribution in [0, 0.1) is 6.92 Å². The molecule has 0 amide bonds. The number of rotatable bonds is 8. The van der Waals surface area contributed by atoms with Crippen molar-refractivity contribution in [3.05, 3.63) is 33.8 Å². The molecule has 0 bridgehead atoms. The molecule has 1 aromatic carbocycles. The van der Waals surface area contributed by atoms with Crippen molar-refractivity contribution in [1.82, 2.24) is 15.6 Å². The maximum absolute atomic E-state index is 5.41. The Labute approximate surface area is 183 Å². The second-order valence-electron chi connectivity index (χ2n) is 7.36. The van der Waals surface area contributed by atoms with E-state index in [9.17, 15) is 0 Å². The fourth-order valence-corrected chi connectivity index (χ4v) is 4.71. The van der Waals surface area contributed by atoms with E-state index in [1.807, 2.05) is 13.1 Å². The van der Waals surface area contributed by atoms with Crippen LogP contribution in [-0.4, -0.2) is 57.9 Å². The van der Waals surface area contributed by atoms with Gasteiger partial charge in [-0.1, -0.05) is 6.92 Å². The van der Waals surface area contributed by atoms with Crippen LogP contribution < -0.4 is 25.0 Å². The maximum Gasteiger partial charge on any atom is 0.191 e. The van der Waals surface area contributed by atoms with Gasteiger partial charge in [0.05, 0.1) is 24.9 Å². The second kappa shape index (κ2) is 10.5. The van der Waals surface area contributed by atoms with Gasteiger partial charge in [-0.15, -0.1) is 11.3 Å². The van der Waals surface area contributed by atoms with Gasteiger partial charge in [0, 0.05) is 67.9 Å². The molecular formula is C22H33N5O2S. The average molecular weight is 432 g/mol. The zero-order chi connectivity index (χ0) is 21.5. The van der Waals surface area contributed by atoms with Crippen LogP contribution in [0.4, 0.5) is 5.69 Å². The molecule has 164 valence electrons. The maximum atomic E-state index is 5.41. The molecule has 1 atom stereocenters. The minimum atomic E-state index is 0.335. The van der Waals surface area contributed by atoms with Crippen molar-refractivity contribution in [2.45, 2.75) is 39.2 Å². The summed E-state index contributed by atoms with van der Waals surface area (Å²) in [5.74, 6) is 2.46. The predicted octanol–water partition coefficient (Wildman–Crippen LogP) is 3.02. The monoisotopic (exact) mass is 431 g/mol. The van der Waals surface area contributed by atoms with E-state index in [-0.39, 0.29) is 0 Å². The summed E-state index contributed by atoms with van der Waals surface area (Å²) in [4.78, 5) is 12.8. The first kappa shape index (κ1) is 22.2. The van der Waals surface area contributed by atoms with E-state index in [4.69, 9.17) is 14.5 Å². The van der Waals surface area contributed by atoms with Crippen molar-refractivity contribution >= 4 is 23.0 Å². The fraction of sp³-hybridized carbons (Fsp3) is 0.545. The van der Waals surface area contributed by atoms with Crippen LogP contribution in [-0.2, 0) is 12.8 Å². The Morgan fingerprint density at radius 3 is 2.60 bits per heavy atom. The number of aliphatic imine (C=N–C) groups is 1. The first-order valence-electron chi connectivity index (χ1n) is 10.5. The Morgan fingerprint density at radius 1 is 1.27 bits per heavy atom. The Bertz CT molecular complexity index is 845. The van der Waals surface area contributed by atoms with Gasteiger partial charge in [-0.3, -0.25) is 4.99 Å². The summed E-state index contributed by atoms with van der Waals surface area (Å²) in [5.41, 5.74) is 2.34. The van der Waals surface area contributed by atoms with Crippen molar-refractivity contribution in [2.24, 2.45) is 4.99 Å². The largest absolute Gasteiger partial charge is 0.497 e. The van der Waals surface area contributed by atoms with Gasteiger partial charge in [-0.05, 0) is 19.8 Å². The van der Waals surface area contributed by atoms with Crippen molar-refractivity contribution in [3.8, 4) is 11.5 Å². The van der Waals surface area contributed by atoms with Crippen molar-refractivity contribution < 1.29 is 9.47 Å². The number of aryl methyl sites for hydroxylation is 2. The number of nitrogens with zero attached hydrogens (tertiary/aromatic N) is 3. The van der Waals surface area contributed by atoms with E-state index in [1.165, 1.54) is 15.6 Å². The average Bonchev–Trinajstić information content (AvgIpc) is 3.38. The van der Waals surface area contributed by atoms with Crippen LogP contribution >= 0.6 is 11.3 Å². The summed E-state index contributed by atoms with van der Waals surface area (Å²) in [6, 6.07) is 6.34. The van der Waals surface area contributed by atoms with Crippen LogP contribution in [0.25, 0.3) is 0 Å². The summed E-state index contributed by atoms with van der Waals surface area (Å²) in [5, 5.41) is 8.17. The number of ether oxygens (including phenoxy) is 2. The van der Waals surface area contributed by atoms with Crippen LogP contribution in [0.1, 0.15) is 28.9 Å². The fourth-order valence-electron chi connectivity index (χ4n) is 3.69. The highest BCUT2D eigenvalue weighted by molar-refractivity contribution is 7.11. The highest BCUT2D eigenvalue weighted by atomic mass is 32.1. The number of thiazole rings is 1. The van der Waals surface area contributed by atoms with Gasteiger partial charge in [0.25, 0.3) is 0 Å². The number of anilines is 1. The van der Waals surface area contributed by atoms with Crippen molar-refractivity contribution in [1.29, 1.82) is 0 Å². The Balaban J connectivity index is 1.51. The third-order valence-corrected chi connectivity index (χ3v) is 6.43. The normalized spacial score (nSPS) is 16.6. The van der Waals surface area contributed by atoms with Gasteiger partial charge in [-0.25, -0.2) is 4.98 Å². The lowest BCUT2D eigenvalue weighted by molar-refractivity contribution is 0.394. The van der Waals surface area contributed by atoms with Gasteiger partial charge in [0.2, 0.25) is 0 Å². The van der Waals surface area contributed by atoms with Gasteiger partial charge in [0.1, 0.15) is 11.5 Å². The molecule has 8 heteroatoms. The van der Waals surface area contributed by atoms with E-state index >= 15 is 0 Å². The van der Waals surface area contributed by atoms with Gasteiger partial charge in [-0.2, -0.15) is 0 Å². The van der Waals surface area contributed by atoms with Gasteiger partial charge >= 0.3 is 0 Å². The Hall–Kier alpha value is -2.48. The Kier molecular flexibility index (Phi) is 7.79. The minimum Gasteiger partial charge on any atom is -0.497 e. The molecule has 1 aliphatic rings. The lowest BCUT2D eigenvalue weighted by atomic mass is 10.2. The van der Waals surface area contributed by atoms with Gasteiger partial charge in [0.15, 0.2) is 5.96 Å². The van der Waals surface area contributed by atoms with Crippen LogP contribution in [0.15, 0.2) is 23.2 Å². The molecule has 1 unspecified atom stereocenters. The van der Waals surface area contributed by atoms with Crippen LogP contribution in [0.2, 0.25) is 0 Å². The highest BCUT2D eigenvalue weighted by Crippen LogP contribution is 2.30. The first-order valence-corrected chi connectivity index (χ1v) is 11.3. The molecule has 3 rings (SSSR count). The Morgan fingerprint density at radius 2 is 2.00 bits per heavy atom. The number of benzene rings is 1. The molecule has 1 aromatic heterocycles. The number of guanidine groups is 1. The van der Waals surface area contributed by atoms with Crippen molar-refractivity contribution in [2.75, 3.05) is 45.8 Å². The smallest absolute Gasteiger partial charge is 0.191 e. The molecule has 2 aromatic rings. The lowest BCUT2D eigenvalue weighted by Gasteiger charge is -2.21. The molecule has 0 saturated carbocycles. The minimum absolute atomic E-state index is 0.335. The summed E-state index contributed by atoms with van der Waals surface area (Å²) in [6.07, 6.45) is 2.95. The van der Waals surface area contributed by atoms with Crippen LogP contribution in [0.3, 0.4) is 0 Å². The molecular weight excluding hydrogens is 398 g/mol. The number of hydrogen-bond acceptors (Lipinski definition) is 6. The second-order valence-corrected chi connectivity index (χ2v) is 8.65. The molecule has 30 heavy (non-hydrogen) atoms. The van der Waals surface area contributed by atoms with Gasteiger partial charge < -0.3 is 25.0 Å². The molecule has 0 radical (unpaired) electrons. The summed E-state index contributed by atoms with van der Waals surface area (Å²) in [7, 11) is 5.18. The standard InChI is InChI=1S/C22H33N5O2S/c1-6-20-15(2)30-21(26-20)7-9-24-22(23-3)25-16-8-10-27(14-16)17-11-18(28-4)13-19(12-17)29-5/h11-13,16H,6-10,14H2,1-5H3,(H2,23,24,25). The van der Waals surface area contributed by atoms with E-state index in [0.29, 0.717) is 6.04 Å². The number of aromatic nitrogens is 1. The highest BCUT2D eigenvalue weighted by Gasteiger charge is 2.24. The summed E-state index contributed by atoms with van der Waals surface area (Å²) >= 11 is 1.80. The third kappa shape index (κ3) is 5.56. The summed E-state index contributed by atoms with van der Waals surface area (Å²) in [6.45, 7) is 7.00.